The Hall–Kier alpha value is -1.68. The molecule has 158 valence electrons. The fourth-order valence-corrected chi connectivity index (χ4v) is 2.91. The van der Waals surface area contributed by atoms with Gasteiger partial charge in [-0.15, -0.1) is 6.58 Å². The molecule has 0 radical (unpaired) electrons. The van der Waals surface area contributed by atoms with Gasteiger partial charge in [0.05, 0.1) is 12.0 Å². The first-order valence-electron chi connectivity index (χ1n) is 10.3. The van der Waals surface area contributed by atoms with E-state index in [1.165, 1.54) is 18.4 Å². The molecule has 3 heteroatoms. The van der Waals surface area contributed by atoms with E-state index in [1.807, 2.05) is 69.3 Å². The van der Waals surface area contributed by atoms with Crippen LogP contribution in [0.15, 0.2) is 54.6 Å². The fourth-order valence-electron chi connectivity index (χ4n) is 2.91. The second kappa shape index (κ2) is 15.3. The van der Waals surface area contributed by atoms with E-state index in [0.29, 0.717) is 13.0 Å². The molecule has 0 spiro atoms. The van der Waals surface area contributed by atoms with Gasteiger partial charge in [0.1, 0.15) is 0 Å². The fraction of sp³-hybridized carbons (Fsp3) is 0.520. The van der Waals surface area contributed by atoms with E-state index in [0.717, 1.165) is 17.5 Å². The monoisotopic (exact) mass is 388 g/mol. The van der Waals surface area contributed by atoms with E-state index in [-0.39, 0.29) is 6.61 Å². The van der Waals surface area contributed by atoms with Gasteiger partial charge in [0.25, 0.3) is 0 Å². The van der Waals surface area contributed by atoms with Gasteiger partial charge in [-0.3, -0.25) is 0 Å². The summed E-state index contributed by atoms with van der Waals surface area (Å²) in [5.74, 6) is 0. The van der Waals surface area contributed by atoms with Crippen LogP contribution >= 0.6 is 0 Å². The van der Waals surface area contributed by atoms with Crippen LogP contribution in [0.1, 0.15) is 65.0 Å². The summed E-state index contributed by atoms with van der Waals surface area (Å²) >= 11 is 0. The Morgan fingerprint density at radius 3 is 2.39 bits per heavy atom. The van der Waals surface area contributed by atoms with Crippen molar-refractivity contribution in [3.05, 3.63) is 65.8 Å². The summed E-state index contributed by atoms with van der Waals surface area (Å²) in [6.45, 7) is 14.0. The summed E-state index contributed by atoms with van der Waals surface area (Å²) in [5, 5.41) is 20.4. The zero-order valence-corrected chi connectivity index (χ0v) is 18.4. The third-order valence-corrected chi connectivity index (χ3v) is 4.39. The quantitative estimate of drug-likeness (QED) is 0.365. The number of hydrogen-bond acceptors (Lipinski definition) is 3. The van der Waals surface area contributed by atoms with Gasteiger partial charge in [-0.1, -0.05) is 74.4 Å². The molecule has 2 atom stereocenters. The zero-order chi connectivity index (χ0) is 21.4. The van der Waals surface area contributed by atoms with E-state index in [4.69, 9.17) is 4.74 Å². The maximum atomic E-state index is 10.4. The molecule has 0 bridgehead atoms. The Kier molecular flexibility index (Phi) is 14.4. The maximum Gasteiger partial charge on any atom is 0.166 e. The van der Waals surface area contributed by atoms with Crippen LogP contribution in [0.25, 0.3) is 6.08 Å². The van der Waals surface area contributed by atoms with Crippen molar-refractivity contribution in [3.8, 4) is 0 Å². The smallest absolute Gasteiger partial charge is 0.166 e. The van der Waals surface area contributed by atoms with Gasteiger partial charge in [0.15, 0.2) is 6.29 Å². The van der Waals surface area contributed by atoms with Gasteiger partial charge < -0.3 is 14.9 Å². The predicted molar refractivity (Wildman–Crippen MR) is 121 cm³/mol. The Morgan fingerprint density at radius 2 is 1.93 bits per heavy atom. The van der Waals surface area contributed by atoms with Crippen molar-refractivity contribution in [1.29, 1.82) is 0 Å². The Balaban J connectivity index is 0.00000105. The largest absolute Gasteiger partial charge is 0.395 e. The number of ether oxygens (including phenoxy) is 1. The standard InChI is InChI=1S/C19H28O3.C6H12/c1-4-7-13-19(15-20,18(21)22-6-3)14-17-12-9-8-11-16(17)10-5-2;1-4-5-6(2)3/h5,7-13,18,20-21H,4,6,14-15H2,1-3H3;2,4-5H2,1,3H3. The van der Waals surface area contributed by atoms with Crippen LogP contribution in [0.5, 0.6) is 0 Å². The Morgan fingerprint density at radius 1 is 1.25 bits per heavy atom. The average molecular weight is 389 g/mol. The summed E-state index contributed by atoms with van der Waals surface area (Å²) in [6.07, 6.45) is 10.6. The van der Waals surface area contributed by atoms with Crippen LogP contribution in [0, 0.1) is 5.41 Å². The lowest BCUT2D eigenvalue weighted by Gasteiger charge is -2.34. The molecule has 0 aliphatic carbocycles. The van der Waals surface area contributed by atoms with Gasteiger partial charge in [0.2, 0.25) is 0 Å². The normalized spacial score (nSPS) is 14.5. The number of allylic oxidation sites excluding steroid dienone is 3. The molecule has 0 saturated heterocycles. The molecule has 0 saturated carbocycles. The van der Waals surface area contributed by atoms with Crippen LogP contribution in [0.4, 0.5) is 0 Å². The van der Waals surface area contributed by atoms with Crippen molar-refractivity contribution >= 4 is 6.08 Å². The molecule has 0 heterocycles. The lowest BCUT2D eigenvalue weighted by molar-refractivity contribution is -0.167. The topological polar surface area (TPSA) is 49.7 Å². The summed E-state index contributed by atoms with van der Waals surface area (Å²) in [6, 6.07) is 8.02. The van der Waals surface area contributed by atoms with Crippen molar-refractivity contribution in [3.63, 3.8) is 0 Å². The number of aliphatic hydroxyl groups is 2. The highest BCUT2D eigenvalue weighted by Gasteiger charge is 2.36. The highest BCUT2D eigenvalue weighted by Crippen LogP contribution is 2.31. The molecular weight excluding hydrogens is 348 g/mol. The van der Waals surface area contributed by atoms with Crippen molar-refractivity contribution in [2.45, 2.75) is 66.6 Å². The molecule has 1 aromatic carbocycles. The molecular formula is C25H40O3. The first-order valence-corrected chi connectivity index (χ1v) is 10.3. The van der Waals surface area contributed by atoms with Gasteiger partial charge in [-0.2, -0.15) is 0 Å². The van der Waals surface area contributed by atoms with Crippen molar-refractivity contribution < 1.29 is 14.9 Å². The molecule has 2 N–H and O–H groups in total. The highest BCUT2D eigenvalue weighted by atomic mass is 16.6. The molecule has 1 rings (SSSR count). The molecule has 1 aromatic rings. The van der Waals surface area contributed by atoms with E-state index < -0.39 is 11.7 Å². The Bertz CT molecular complexity index is 604. The average Bonchev–Trinajstić information content (AvgIpc) is 2.67. The van der Waals surface area contributed by atoms with Crippen molar-refractivity contribution in [1.82, 2.24) is 0 Å². The summed E-state index contributed by atoms with van der Waals surface area (Å²) in [4.78, 5) is 0. The third-order valence-electron chi connectivity index (χ3n) is 4.39. The number of benzene rings is 1. The van der Waals surface area contributed by atoms with Crippen LogP contribution < -0.4 is 0 Å². The summed E-state index contributed by atoms with van der Waals surface area (Å²) < 4.78 is 5.39. The molecule has 0 aliphatic heterocycles. The first kappa shape index (κ1) is 26.3. The van der Waals surface area contributed by atoms with Gasteiger partial charge in [-0.05, 0) is 51.2 Å². The summed E-state index contributed by atoms with van der Waals surface area (Å²) in [5.41, 5.74) is 2.63. The first-order chi connectivity index (χ1) is 13.4. The van der Waals surface area contributed by atoms with E-state index in [2.05, 4.69) is 20.4 Å². The lowest BCUT2D eigenvalue weighted by atomic mass is 9.79. The third kappa shape index (κ3) is 9.50. The molecule has 2 unspecified atom stereocenters. The molecule has 0 aromatic heterocycles. The number of rotatable bonds is 11. The molecule has 0 aliphatic rings. The maximum absolute atomic E-state index is 10.4. The summed E-state index contributed by atoms with van der Waals surface area (Å²) in [7, 11) is 0. The van der Waals surface area contributed by atoms with Crippen LogP contribution in [0.2, 0.25) is 0 Å². The van der Waals surface area contributed by atoms with E-state index in [1.54, 1.807) is 0 Å². The molecule has 28 heavy (non-hydrogen) atoms. The minimum atomic E-state index is -1.04. The van der Waals surface area contributed by atoms with Gasteiger partial charge in [-0.25, -0.2) is 0 Å². The molecule has 3 nitrogen and oxygen atoms in total. The SMILES string of the molecule is C=C(C)CCC.CC=Cc1ccccc1CC(C=CCC)(CO)C(O)OCC. The minimum absolute atomic E-state index is 0.172. The van der Waals surface area contributed by atoms with Gasteiger partial charge >= 0.3 is 0 Å². The van der Waals surface area contributed by atoms with Crippen LogP contribution in [-0.4, -0.2) is 29.7 Å². The second-order valence-corrected chi connectivity index (χ2v) is 7.09. The lowest BCUT2D eigenvalue weighted by Crippen LogP contribution is -2.41. The number of aliphatic hydroxyl groups excluding tert-OH is 2. The van der Waals surface area contributed by atoms with E-state index in [9.17, 15) is 10.2 Å². The molecule has 0 fully saturated rings. The van der Waals surface area contributed by atoms with Crippen LogP contribution in [-0.2, 0) is 11.2 Å². The Labute approximate surface area is 172 Å². The van der Waals surface area contributed by atoms with Gasteiger partial charge in [0, 0.05) is 6.61 Å². The van der Waals surface area contributed by atoms with Crippen molar-refractivity contribution in [2.75, 3.05) is 13.2 Å². The highest BCUT2D eigenvalue weighted by molar-refractivity contribution is 5.53. The second-order valence-electron chi connectivity index (χ2n) is 7.09. The zero-order valence-electron chi connectivity index (χ0n) is 18.4. The molecule has 0 amide bonds. The van der Waals surface area contributed by atoms with Crippen LogP contribution in [0.3, 0.4) is 0 Å². The minimum Gasteiger partial charge on any atom is -0.395 e. The predicted octanol–water partition coefficient (Wildman–Crippen LogP) is 5.92. The van der Waals surface area contributed by atoms with E-state index >= 15 is 0 Å². The number of hydrogen-bond donors (Lipinski definition) is 2. The van der Waals surface area contributed by atoms with Crippen molar-refractivity contribution in [2.24, 2.45) is 5.41 Å².